The van der Waals surface area contributed by atoms with Crippen LogP contribution in [0.4, 0.5) is 0 Å². The first-order valence-electron chi connectivity index (χ1n) is 5.00. The van der Waals surface area contributed by atoms with E-state index in [1.165, 1.54) is 0 Å². The Morgan fingerprint density at radius 2 is 1.14 bits per heavy atom. The molecule has 0 aromatic heterocycles. The minimum absolute atomic E-state index is 0. The van der Waals surface area contributed by atoms with Crippen LogP contribution in [0.3, 0.4) is 0 Å². The molecule has 0 unspecified atom stereocenters. The van der Waals surface area contributed by atoms with Crippen molar-refractivity contribution in [3.05, 3.63) is 0 Å². The number of hydrogen-bond acceptors (Lipinski definition) is 2. The predicted molar refractivity (Wildman–Crippen MR) is 56.7 cm³/mol. The maximum atomic E-state index is 5.68. The molecule has 2 radical (unpaired) electrons. The first-order valence-corrected chi connectivity index (χ1v) is 5.94. The van der Waals surface area contributed by atoms with Crippen LogP contribution in [0.1, 0.15) is 54.4 Å². The molecule has 0 spiro atoms. The van der Waals surface area contributed by atoms with E-state index in [9.17, 15) is 0 Å². The van der Waals surface area contributed by atoms with E-state index in [1.54, 1.807) is 0 Å². The van der Waals surface area contributed by atoms with Gasteiger partial charge in [-0.15, -0.1) is 0 Å². The van der Waals surface area contributed by atoms with Gasteiger partial charge in [-0.1, -0.05) is 13.8 Å². The summed E-state index contributed by atoms with van der Waals surface area (Å²) in [6.45, 7) is 12.7. The second-order valence-corrected chi connectivity index (χ2v) is 5.22. The fourth-order valence-electron chi connectivity index (χ4n) is 0.451. The van der Waals surface area contributed by atoms with Crippen LogP contribution < -0.4 is 18.9 Å². The van der Waals surface area contributed by atoms with Gasteiger partial charge in [-0.25, -0.2) is 0 Å². The molecule has 0 aromatic carbocycles. The minimum atomic E-state index is -0.335. The molecule has 0 heterocycles. The molecule has 4 heteroatoms. The molecule has 0 atom stereocenters. The Hall–Kier alpha value is 1.05. The van der Waals surface area contributed by atoms with Crippen molar-refractivity contribution in [2.45, 2.75) is 65.6 Å². The summed E-state index contributed by atoms with van der Waals surface area (Å²) in [4.78, 5) is 0. The average molecular weight is 208 g/mol. The van der Waals surface area contributed by atoms with Gasteiger partial charge in [0.1, 0.15) is 15.9 Å². The zero-order valence-corrected chi connectivity index (χ0v) is 12.0. The van der Waals surface area contributed by atoms with Gasteiger partial charge in [0, 0.05) is 11.2 Å². The molecule has 0 aromatic rings. The van der Waals surface area contributed by atoms with Gasteiger partial charge >= 0.3 is 18.9 Å². The Morgan fingerprint density at radius 1 is 0.857 bits per heavy atom. The molecule has 0 saturated heterocycles. The van der Waals surface area contributed by atoms with Crippen molar-refractivity contribution in [3.8, 4) is 0 Å². The first kappa shape index (κ1) is 17.4. The molecule has 0 bridgehead atoms. The van der Waals surface area contributed by atoms with Gasteiger partial charge in [0.05, 0.1) is 0 Å². The average Bonchev–Trinajstić information content (AvgIpc) is 2.04. The molecule has 2 nitrogen and oxygen atoms in total. The van der Waals surface area contributed by atoms with Gasteiger partial charge in [0.2, 0.25) is 0 Å². The van der Waals surface area contributed by atoms with Gasteiger partial charge in [-0.05, 0) is 40.5 Å². The Bertz CT molecular complexity index is 133. The van der Waals surface area contributed by atoms with Crippen LogP contribution in [0.2, 0.25) is 0 Å². The molecule has 14 heavy (non-hydrogen) atoms. The van der Waals surface area contributed by atoms with E-state index in [4.69, 9.17) is 7.58 Å². The van der Waals surface area contributed by atoms with Crippen molar-refractivity contribution < 1.29 is 26.4 Å². The molecule has 0 aliphatic carbocycles. The van der Waals surface area contributed by atoms with E-state index < -0.39 is 0 Å². The van der Waals surface area contributed by atoms with Gasteiger partial charge < -0.3 is 7.58 Å². The van der Waals surface area contributed by atoms with Crippen LogP contribution in [0.25, 0.3) is 0 Å². The summed E-state index contributed by atoms with van der Waals surface area (Å²) < 4.78 is 11.4. The molecular formula is C10H22AlLiO2. The maximum absolute atomic E-state index is 5.68. The third kappa shape index (κ3) is 8.37. The van der Waals surface area contributed by atoms with E-state index in [0.29, 0.717) is 0 Å². The summed E-state index contributed by atoms with van der Waals surface area (Å²) >= 11 is -0.335. The fraction of sp³-hybridized carbons (Fsp3) is 1.00. The Labute approximate surface area is 108 Å². The van der Waals surface area contributed by atoms with Gasteiger partial charge in [-0.2, -0.15) is 0 Å². The molecule has 0 rings (SSSR count). The topological polar surface area (TPSA) is 18.5 Å². The van der Waals surface area contributed by atoms with Crippen molar-refractivity contribution >= 4 is 15.9 Å². The molecule has 0 saturated carbocycles. The molecular weight excluding hydrogens is 186 g/mol. The number of rotatable bonds is 6. The minimum Gasteiger partial charge on any atom is -0.674 e. The summed E-state index contributed by atoms with van der Waals surface area (Å²) in [6.07, 6.45) is 2.05. The van der Waals surface area contributed by atoms with Crippen molar-refractivity contribution in [1.82, 2.24) is 0 Å². The van der Waals surface area contributed by atoms with Crippen molar-refractivity contribution in [2.24, 2.45) is 0 Å². The second kappa shape index (κ2) is 7.34. The summed E-state index contributed by atoms with van der Waals surface area (Å²) in [7, 11) is 0. The van der Waals surface area contributed by atoms with E-state index >= 15 is 0 Å². The van der Waals surface area contributed by atoms with Crippen LogP contribution in [-0.4, -0.2) is 27.1 Å². The normalized spacial score (nSPS) is 12.4. The van der Waals surface area contributed by atoms with Crippen LogP contribution in [0.5, 0.6) is 0 Å². The van der Waals surface area contributed by atoms with Gasteiger partial charge in [0.15, 0.2) is 0 Å². The Balaban J connectivity index is 0. The summed E-state index contributed by atoms with van der Waals surface area (Å²) in [5.74, 6) is 0. The van der Waals surface area contributed by atoms with E-state index in [1.807, 2.05) is 0 Å². The zero-order chi connectivity index (χ0) is 10.5. The van der Waals surface area contributed by atoms with Gasteiger partial charge in [0.25, 0.3) is 0 Å². The van der Waals surface area contributed by atoms with Crippen LogP contribution in [-0.2, 0) is 7.58 Å². The largest absolute Gasteiger partial charge is 1.00 e. The molecule has 0 fully saturated rings. The molecule has 78 valence electrons. The fourth-order valence-corrected chi connectivity index (χ4v) is 1.35. The third-order valence-electron chi connectivity index (χ3n) is 2.44. The van der Waals surface area contributed by atoms with Crippen LogP contribution >= 0.6 is 0 Å². The maximum Gasteiger partial charge on any atom is 1.00 e. The molecule has 0 aliphatic rings. The number of hydrogen-bond donors (Lipinski definition) is 0. The van der Waals surface area contributed by atoms with Crippen molar-refractivity contribution in [2.75, 3.05) is 0 Å². The molecule has 0 amide bonds. The van der Waals surface area contributed by atoms with Crippen molar-refractivity contribution in [3.63, 3.8) is 0 Å². The SMILES string of the molecule is CCC(C)(C)[O][Al-][O]C(C)(C)CC.[Li+]. The standard InChI is InChI=1S/2C5H11O.Al.Li/c2*1-4-5(2,3)6;;/h2*4H2,1-3H3;;/q2*-1;2*+1. The molecule has 0 N–H and O–H groups in total. The quantitative estimate of drug-likeness (QED) is 0.569. The molecule has 0 aliphatic heterocycles. The predicted octanol–water partition coefficient (Wildman–Crippen LogP) is -0.0650. The van der Waals surface area contributed by atoms with E-state index in [0.717, 1.165) is 12.8 Å². The van der Waals surface area contributed by atoms with Crippen LogP contribution in [0.15, 0.2) is 0 Å². The van der Waals surface area contributed by atoms with Crippen molar-refractivity contribution in [1.29, 1.82) is 0 Å². The third-order valence-corrected chi connectivity index (χ3v) is 3.91. The van der Waals surface area contributed by atoms with E-state index in [-0.39, 0.29) is 45.9 Å². The smallest absolute Gasteiger partial charge is 0.674 e. The van der Waals surface area contributed by atoms with E-state index in [2.05, 4.69) is 41.5 Å². The second-order valence-electron chi connectivity index (χ2n) is 4.56. The summed E-state index contributed by atoms with van der Waals surface area (Å²) in [5, 5.41) is 0. The van der Waals surface area contributed by atoms with Gasteiger partial charge in [-0.3, -0.25) is 0 Å². The first-order chi connectivity index (χ1) is 5.83. The monoisotopic (exact) mass is 208 g/mol. The zero-order valence-electron chi connectivity index (χ0n) is 10.8. The Morgan fingerprint density at radius 3 is 1.36 bits per heavy atom. The van der Waals surface area contributed by atoms with Crippen LogP contribution in [0, 0.1) is 0 Å². The Kier molecular flexibility index (Phi) is 9.15. The summed E-state index contributed by atoms with van der Waals surface area (Å²) in [6, 6.07) is 0. The summed E-state index contributed by atoms with van der Waals surface area (Å²) in [5.41, 5.74) is -0.0572.